The largest absolute Gasteiger partial charge is 0.507 e. The Morgan fingerprint density at radius 1 is 1.06 bits per heavy atom. The van der Waals surface area contributed by atoms with Gasteiger partial charge >= 0.3 is 5.69 Å². The lowest BCUT2D eigenvalue weighted by Crippen LogP contribution is -2.38. The molecule has 0 spiro atoms. The third-order valence-corrected chi connectivity index (χ3v) is 6.65. The molecule has 1 unspecified atom stereocenters. The number of likely N-dealkylation sites (N-methyl/N-ethyl adjacent to an activating group) is 1. The molecule has 3 aromatic rings. The van der Waals surface area contributed by atoms with Gasteiger partial charge in [0.2, 0.25) is 0 Å². The molecule has 9 nitrogen and oxygen atoms in total. The van der Waals surface area contributed by atoms with Crippen LogP contribution in [0.2, 0.25) is 0 Å². The van der Waals surface area contributed by atoms with Crippen molar-refractivity contribution >= 4 is 33.9 Å². The number of aliphatic hydroxyl groups is 1. The molecule has 0 aliphatic carbocycles. The number of Topliss-reactive ketones (excluding diaryl/α,β-unsaturated/α-hetero) is 1. The molecule has 3 aromatic carbocycles. The Bertz CT molecular complexity index is 1370. The fourth-order valence-electron chi connectivity index (χ4n) is 4.68. The van der Waals surface area contributed by atoms with Crippen molar-refractivity contribution in [2.45, 2.75) is 19.9 Å². The van der Waals surface area contributed by atoms with Gasteiger partial charge in [-0.2, -0.15) is 0 Å². The van der Waals surface area contributed by atoms with Crippen LogP contribution in [0.15, 0.2) is 66.2 Å². The van der Waals surface area contributed by atoms with Crippen molar-refractivity contribution in [2.75, 3.05) is 26.2 Å². The van der Waals surface area contributed by atoms with E-state index in [1.165, 1.54) is 11.0 Å². The third kappa shape index (κ3) is 4.40. The van der Waals surface area contributed by atoms with Crippen molar-refractivity contribution < 1.29 is 24.7 Å². The van der Waals surface area contributed by atoms with Crippen LogP contribution in [-0.2, 0) is 9.59 Å². The van der Waals surface area contributed by atoms with Gasteiger partial charge in [0, 0.05) is 24.7 Å². The first-order valence-electron chi connectivity index (χ1n) is 11.7. The summed E-state index contributed by atoms with van der Waals surface area (Å²) in [6.45, 7) is 6.11. The van der Waals surface area contributed by atoms with Crippen molar-refractivity contribution in [1.29, 1.82) is 0 Å². The lowest BCUT2D eigenvalue weighted by molar-refractivity contribution is -0.385. The van der Waals surface area contributed by atoms with E-state index in [1.807, 2.05) is 38.1 Å². The number of hydrogen-bond donors (Lipinski definition) is 2. The predicted octanol–water partition coefficient (Wildman–Crippen LogP) is 4.22. The quantitative estimate of drug-likeness (QED) is 0.160. The highest BCUT2D eigenvalue weighted by molar-refractivity contribution is 6.46. The van der Waals surface area contributed by atoms with Crippen molar-refractivity contribution in [2.24, 2.45) is 0 Å². The summed E-state index contributed by atoms with van der Waals surface area (Å²) in [5.41, 5.74) is -0.0592. The van der Waals surface area contributed by atoms with Gasteiger partial charge in [0.25, 0.3) is 11.7 Å². The Hall–Kier alpha value is -4.24. The molecule has 1 aliphatic rings. The van der Waals surface area contributed by atoms with Crippen LogP contribution in [0.4, 0.5) is 5.69 Å². The van der Waals surface area contributed by atoms with E-state index in [-0.39, 0.29) is 23.4 Å². The number of nitrogens with zero attached hydrogens (tertiary/aromatic N) is 3. The molecule has 9 heteroatoms. The highest BCUT2D eigenvalue weighted by atomic mass is 16.6. The number of nitro benzene ring substituents is 1. The normalized spacial score (nSPS) is 17.3. The first kappa shape index (κ1) is 24.9. The minimum absolute atomic E-state index is 0.143. The van der Waals surface area contributed by atoms with Gasteiger partial charge in [0.05, 0.1) is 16.5 Å². The van der Waals surface area contributed by atoms with Crippen LogP contribution in [0.5, 0.6) is 5.75 Å². The van der Waals surface area contributed by atoms with E-state index in [2.05, 4.69) is 4.90 Å². The first-order valence-corrected chi connectivity index (χ1v) is 11.7. The molecule has 0 bridgehead atoms. The summed E-state index contributed by atoms with van der Waals surface area (Å²) < 4.78 is 0. The molecular weight excluding hydrogens is 462 g/mol. The van der Waals surface area contributed by atoms with Gasteiger partial charge < -0.3 is 20.0 Å². The zero-order valence-electron chi connectivity index (χ0n) is 20.0. The molecule has 1 aliphatic heterocycles. The first-order chi connectivity index (χ1) is 17.3. The van der Waals surface area contributed by atoms with E-state index in [0.29, 0.717) is 17.5 Å². The standard InChI is InChI=1S/C27H27N3O6/c1-3-28(4-2)14-15-29-24(18-12-13-22(31)21(16-18)30(35)36)23(26(33)27(29)34)25(32)20-11-7-9-17-8-5-6-10-19(17)20/h5-13,16,24,31-32H,3-4,14-15H2,1-2H3/b25-23+. The number of carbonyl (C=O) groups is 2. The number of aliphatic hydroxyl groups excluding tert-OH is 1. The summed E-state index contributed by atoms with van der Waals surface area (Å²) in [4.78, 5) is 40.7. The number of rotatable bonds is 8. The SMILES string of the molecule is CCN(CC)CCN1C(=O)C(=O)/C(=C(/O)c2cccc3ccccc23)C1c1ccc(O)c([N+](=O)[O-])c1. The number of nitro groups is 1. The Balaban J connectivity index is 1.92. The van der Waals surface area contributed by atoms with Crippen molar-refractivity contribution in [3.8, 4) is 5.75 Å². The molecule has 1 amide bonds. The minimum atomic E-state index is -1.06. The molecule has 4 rings (SSSR count). The number of phenols is 1. The lowest BCUT2D eigenvalue weighted by Gasteiger charge is -2.28. The number of aromatic hydroxyl groups is 1. The second kappa shape index (κ2) is 10.2. The van der Waals surface area contributed by atoms with Crippen LogP contribution >= 0.6 is 0 Å². The van der Waals surface area contributed by atoms with Gasteiger partial charge in [-0.15, -0.1) is 0 Å². The van der Waals surface area contributed by atoms with Crippen LogP contribution in [0, 0.1) is 10.1 Å². The number of fused-ring (bicyclic) bond motifs is 1. The molecule has 2 N–H and O–H groups in total. The molecule has 1 atom stereocenters. The highest BCUT2D eigenvalue weighted by Gasteiger charge is 2.46. The van der Waals surface area contributed by atoms with E-state index in [1.54, 1.807) is 18.2 Å². The number of carbonyl (C=O) groups excluding carboxylic acids is 2. The fourth-order valence-corrected chi connectivity index (χ4v) is 4.68. The van der Waals surface area contributed by atoms with E-state index in [9.17, 15) is 29.9 Å². The molecule has 1 heterocycles. The van der Waals surface area contributed by atoms with Crippen molar-refractivity contribution in [3.63, 3.8) is 0 Å². The van der Waals surface area contributed by atoms with Gasteiger partial charge in [-0.1, -0.05) is 62.4 Å². The fraction of sp³-hybridized carbons (Fsp3) is 0.259. The second-order valence-corrected chi connectivity index (χ2v) is 8.55. The van der Waals surface area contributed by atoms with Gasteiger partial charge in [-0.25, -0.2) is 0 Å². The Kier molecular flexibility index (Phi) is 7.03. The van der Waals surface area contributed by atoms with Gasteiger partial charge in [-0.05, 0) is 35.5 Å². The molecule has 0 aromatic heterocycles. The van der Waals surface area contributed by atoms with Gasteiger partial charge in [0.15, 0.2) is 5.75 Å². The van der Waals surface area contributed by atoms with Gasteiger partial charge in [-0.3, -0.25) is 19.7 Å². The summed E-state index contributed by atoms with van der Waals surface area (Å²) in [6, 6.07) is 15.3. The van der Waals surface area contributed by atoms with Gasteiger partial charge in [0.1, 0.15) is 5.76 Å². The maximum absolute atomic E-state index is 13.3. The van der Waals surface area contributed by atoms with Crippen molar-refractivity contribution in [1.82, 2.24) is 9.80 Å². The molecule has 0 radical (unpaired) electrons. The van der Waals surface area contributed by atoms with Crippen LogP contribution in [0.25, 0.3) is 16.5 Å². The average Bonchev–Trinajstić information content (AvgIpc) is 3.13. The third-order valence-electron chi connectivity index (χ3n) is 6.65. The Morgan fingerprint density at radius 2 is 1.75 bits per heavy atom. The van der Waals surface area contributed by atoms with E-state index >= 15 is 0 Å². The summed E-state index contributed by atoms with van der Waals surface area (Å²) >= 11 is 0. The van der Waals surface area contributed by atoms with E-state index in [4.69, 9.17) is 0 Å². The maximum Gasteiger partial charge on any atom is 0.311 e. The second-order valence-electron chi connectivity index (χ2n) is 8.55. The zero-order valence-corrected chi connectivity index (χ0v) is 20.0. The van der Waals surface area contributed by atoms with Crippen LogP contribution in [0.1, 0.15) is 31.0 Å². The molecule has 186 valence electrons. The van der Waals surface area contributed by atoms with Crippen LogP contribution in [-0.4, -0.2) is 62.8 Å². The Labute approximate surface area is 208 Å². The molecule has 36 heavy (non-hydrogen) atoms. The summed E-state index contributed by atoms with van der Waals surface area (Å²) in [5, 5.41) is 34.5. The van der Waals surface area contributed by atoms with Crippen LogP contribution in [0.3, 0.4) is 0 Å². The number of hydrogen-bond acceptors (Lipinski definition) is 7. The van der Waals surface area contributed by atoms with Crippen molar-refractivity contribution in [3.05, 3.63) is 87.5 Å². The predicted molar refractivity (Wildman–Crippen MR) is 136 cm³/mol. The average molecular weight is 490 g/mol. The summed E-state index contributed by atoms with van der Waals surface area (Å²) in [6.07, 6.45) is 0. The zero-order chi connectivity index (χ0) is 26.0. The lowest BCUT2D eigenvalue weighted by atomic mass is 9.93. The monoisotopic (exact) mass is 489 g/mol. The van der Waals surface area contributed by atoms with E-state index < -0.39 is 34.1 Å². The number of likely N-dealkylation sites (tertiary alicyclic amines) is 1. The number of ketones is 1. The smallest absolute Gasteiger partial charge is 0.311 e. The number of phenolic OH excluding ortho intramolecular Hbond substituents is 1. The van der Waals surface area contributed by atoms with Crippen LogP contribution < -0.4 is 0 Å². The number of amides is 1. The number of benzene rings is 3. The topological polar surface area (TPSA) is 124 Å². The Morgan fingerprint density at radius 3 is 2.44 bits per heavy atom. The van der Waals surface area contributed by atoms with E-state index in [0.717, 1.165) is 30.6 Å². The minimum Gasteiger partial charge on any atom is -0.507 e. The molecule has 0 saturated carbocycles. The maximum atomic E-state index is 13.3. The highest BCUT2D eigenvalue weighted by Crippen LogP contribution is 2.42. The summed E-state index contributed by atoms with van der Waals surface area (Å²) in [7, 11) is 0. The molecule has 1 fully saturated rings. The molecule has 1 saturated heterocycles. The molecular formula is C27H27N3O6. The summed E-state index contributed by atoms with van der Waals surface area (Å²) in [5.74, 6) is -2.53.